The summed E-state index contributed by atoms with van der Waals surface area (Å²) in [4.78, 5) is 2.01. The highest BCUT2D eigenvalue weighted by molar-refractivity contribution is 5.53. The lowest BCUT2D eigenvalue weighted by Gasteiger charge is -2.24. The van der Waals surface area contributed by atoms with E-state index < -0.39 is 6.10 Å². The average Bonchev–Trinajstić information content (AvgIpc) is 2.49. The number of rotatable bonds is 7. The first-order chi connectivity index (χ1) is 11.0. The van der Waals surface area contributed by atoms with Gasteiger partial charge in [-0.25, -0.2) is 4.39 Å². The van der Waals surface area contributed by atoms with Crippen molar-refractivity contribution in [2.45, 2.75) is 26.6 Å². The van der Waals surface area contributed by atoms with E-state index in [0.29, 0.717) is 12.1 Å². The number of aliphatic hydroxyl groups is 1. The maximum Gasteiger partial charge on any atom is 0.128 e. The Kier molecular flexibility index (Phi) is 6.13. The molecule has 0 aliphatic rings. The van der Waals surface area contributed by atoms with Crippen LogP contribution in [0.4, 0.5) is 10.1 Å². The molecular weight excluding hydrogens is 293 g/mol. The predicted molar refractivity (Wildman–Crippen MR) is 91.2 cm³/mol. The topological polar surface area (TPSA) is 32.7 Å². The number of benzene rings is 2. The molecule has 0 bridgehead atoms. The Labute approximate surface area is 137 Å². The Morgan fingerprint density at radius 1 is 1.17 bits per heavy atom. The van der Waals surface area contributed by atoms with E-state index in [1.807, 2.05) is 11.9 Å². The van der Waals surface area contributed by atoms with E-state index in [4.69, 9.17) is 4.74 Å². The van der Waals surface area contributed by atoms with Crippen LogP contribution in [0.3, 0.4) is 0 Å². The van der Waals surface area contributed by atoms with E-state index in [2.05, 4.69) is 32.0 Å². The number of likely N-dealkylation sites (N-methyl/N-ethyl adjacent to an activating group) is 1. The van der Waals surface area contributed by atoms with Crippen molar-refractivity contribution in [2.75, 3.05) is 25.1 Å². The third-order valence-electron chi connectivity index (χ3n) is 3.77. The van der Waals surface area contributed by atoms with Crippen LogP contribution in [0, 0.1) is 19.7 Å². The lowest BCUT2D eigenvalue weighted by Crippen LogP contribution is -2.32. The molecule has 0 fully saturated rings. The molecule has 1 N–H and O–H groups in total. The summed E-state index contributed by atoms with van der Waals surface area (Å²) in [5.74, 6) is -0.283. The fourth-order valence-electron chi connectivity index (χ4n) is 2.62. The van der Waals surface area contributed by atoms with Crippen LogP contribution >= 0.6 is 0 Å². The molecule has 0 heterocycles. The highest BCUT2D eigenvalue weighted by atomic mass is 19.1. The second kappa shape index (κ2) is 8.09. The predicted octanol–water partition coefficient (Wildman–Crippen LogP) is 3.46. The van der Waals surface area contributed by atoms with Crippen LogP contribution in [0.2, 0.25) is 0 Å². The van der Waals surface area contributed by atoms with E-state index in [-0.39, 0.29) is 19.0 Å². The van der Waals surface area contributed by atoms with Crippen molar-refractivity contribution >= 4 is 5.69 Å². The molecule has 23 heavy (non-hydrogen) atoms. The molecule has 2 aromatic carbocycles. The standard InChI is InChI=1S/C19H24FNO2/c1-14-8-9-19(15(2)10-14)21(3)11-17(22)13-23-12-16-6-4-5-7-18(16)20/h4-10,17,22H,11-13H2,1-3H3/t17-/m0/s1. The van der Waals surface area contributed by atoms with Gasteiger partial charge >= 0.3 is 0 Å². The first kappa shape index (κ1) is 17.4. The minimum atomic E-state index is -0.632. The van der Waals surface area contributed by atoms with E-state index in [1.54, 1.807) is 18.2 Å². The molecule has 2 rings (SSSR count). The molecule has 1 atom stereocenters. The van der Waals surface area contributed by atoms with Crippen LogP contribution in [0.25, 0.3) is 0 Å². The number of halogens is 1. The molecule has 0 unspecified atom stereocenters. The van der Waals surface area contributed by atoms with Crippen molar-refractivity contribution in [1.82, 2.24) is 0 Å². The zero-order valence-corrected chi connectivity index (χ0v) is 13.9. The molecule has 4 heteroatoms. The quantitative estimate of drug-likeness (QED) is 0.849. The number of anilines is 1. The van der Waals surface area contributed by atoms with Crippen molar-refractivity contribution in [3.63, 3.8) is 0 Å². The molecular formula is C19H24FNO2. The zero-order chi connectivity index (χ0) is 16.8. The number of nitrogens with zero attached hydrogens (tertiary/aromatic N) is 1. The Morgan fingerprint density at radius 3 is 2.61 bits per heavy atom. The molecule has 0 saturated carbocycles. The van der Waals surface area contributed by atoms with Gasteiger partial charge in [0.05, 0.1) is 19.3 Å². The van der Waals surface area contributed by atoms with Crippen LogP contribution in [0.5, 0.6) is 0 Å². The van der Waals surface area contributed by atoms with Gasteiger partial charge in [-0.2, -0.15) is 0 Å². The number of ether oxygens (including phenoxy) is 1. The minimum absolute atomic E-state index is 0.164. The lowest BCUT2D eigenvalue weighted by molar-refractivity contribution is 0.0314. The SMILES string of the molecule is Cc1ccc(N(C)C[C@H](O)COCc2ccccc2F)c(C)c1. The van der Waals surface area contributed by atoms with E-state index in [0.717, 1.165) is 5.69 Å². The van der Waals surface area contributed by atoms with Crippen molar-refractivity contribution in [2.24, 2.45) is 0 Å². The second-order valence-electron chi connectivity index (χ2n) is 5.93. The molecule has 0 amide bonds. The van der Waals surface area contributed by atoms with Gasteiger partial charge < -0.3 is 14.7 Å². The Balaban J connectivity index is 1.82. The molecule has 0 saturated heterocycles. The van der Waals surface area contributed by atoms with E-state index in [9.17, 15) is 9.50 Å². The molecule has 0 aliphatic heterocycles. The first-order valence-electron chi connectivity index (χ1n) is 7.75. The number of aliphatic hydroxyl groups excluding tert-OH is 1. The van der Waals surface area contributed by atoms with Gasteiger partial charge in [0.2, 0.25) is 0 Å². The van der Waals surface area contributed by atoms with Gasteiger partial charge in [-0.1, -0.05) is 35.9 Å². The average molecular weight is 317 g/mol. The van der Waals surface area contributed by atoms with Crippen LogP contribution in [0.1, 0.15) is 16.7 Å². The molecule has 2 aromatic rings. The van der Waals surface area contributed by atoms with Gasteiger partial charge in [0.1, 0.15) is 5.82 Å². The van der Waals surface area contributed by atoms with Gasteiger partial charge in [-0.3, -0.25) is 0 Å². The summed E-state index contributed by atoms with van der Waals surface area (Å²) in [6.45, 7) is 4.91. The number of hydrogen-bond donors (Lipinski definition) is 1. The van der Waals surface area contributed by atoms with Crippen LogP contribution in [0.15, 0.2) is 42.5 Å². The van der Waals surface area contributed by atoms with Crippen molar-refractivity contribution < 1.29 is 14.2 Å². The Morgan fingerprint density at radius 2 is 1.91 bits per heavy atom. The molecule has 3 nitrogen and oxygen atoms in total. The normalized spacial score (nSPS) is 12.2. The first-order valence-corrected chi connectivity index (χ1v) is 7.75. The van der Waals surface area contributed by atoms with Crippen molar-refractivity contribution in [1.29, 1.82) is 0 Å². The summed E-state index contributed by atoms with van der Waals surface area (Å²) in [6, 6.07) is 12.7. The highest BCUT2D eigenvalue weighted by Gasteiger charge is 2.11. The fourth-order valence-corrected chi connectivity index (χ4v) is 2.62. The van der Waals surface area contributed by atoms with E-state index >= 15 is 0 Å². The zero-order valence-electron chi connectivity index (χ0n) is 13.9. The van der Waals surface area contributed by atoms with Gasteiger partial charge in [0.25, 0.3) is 0 Å². The maximum absolute atomic E-state index is 13.5. The largest absolute Gasteiger partial charge is 0.389 e. The minimum Gasteiger partial charge on any atom is -0.389 e. The molecule has 0 radical (unpaired) electrons. The summed E-state index contributed by atoms with van der Waals surface area (Å²) in [6.07, 6.45) is -0.632. The smallest absolute Gasteiger partial charge is 0.128 e. The summed E-state index contributed by atoms with van der Waals surface area (Å²) in [5, 5.41) is 10.1. The Bertz CT molecular complexity index is 645. The molecule has 0 aromatic heterocycles. The highest BCUT2D eigenvalue weighted by Crippen LogP contribution is 2.20. The third kappa shape index (κ3) is 5.05. The third-order valence-corrected chi connectivity index (χ3v) is 3.77. The molecule has 0 spiro atoms. The lowest BCUT2D eigenvalue weighted by atomic mass is 10.1. The van der Waals surface area contributed by atoms with Crippen molar-refractivity contribution in [3.05, 3.63) is 65.0 Å². The van der Waals surface area contributed by atoms with Crippen LogP contribution in [-0.4, -0.2) is 31.4 Å². The summed E-state index contributed by atoms with van der Waals surface area (Å²) in [5.41, 5.74) is 3.98. The van der Waals surface area contributed by atoms with Crippen molar-refractivity contribution in [3.8, 4) is 0 Å². The fraction of sp³-hybridized carbons (Fsp3) is 0.368. The number of aryl methyl sites for hydroxylation is 2. The van der Waals surface area contributed by atoms with Crippen LogP contribution in [-0.2, 0) is 11.3 Å². The summed E-state index contributed by atoms with van der Waals surface area (Å²) < 4.78 is 18.9. The van der Waals surface area contributed by atoms with E-state index in [1.165, 1.54) is 17.2 Å². The van der Waals surface area contributed by atoms with Crippen LogP contribution < -0.4 is 4.90 Å². The summed E-state index contributed by atoms with van der Waals surface area (Å²) >= 11 is 0. The van der Waals surface area contributed by atoms with Gasteiger partial charge in [0.15, 0.2) is 0 Å². The van der Waals surface area contributed by atoms with Gasteiger partial charge in [-0.15, -0.1) is 0 Å². The van der Waals surface area contributed by atoms with Gasteiger partial charge in [-0.05, 0) is 31.5 Å². The molecule has 124 valence electrons. The maximum atomic E-state index is 13.5. The molecule has 0 aliphatic carbocycles. The summed E-state index contributed by atoms with van der Waals surface area (Å²) in [7, 11) is 1.94. The number of hydrogen-bond acceptors (Lipinski definition) is 3. The second-order valence-corrected chi connectivity index (χ2v) is 5.93. The van der Waals surface area contributed by atoms with Gasteiger partial charge in [0, 0.05) is 24.8 Å². The Hall–Kier alpha value is -1.91. The monoisotopic (exact) mass is 317 g/mol.